The minimum atomic E-state index is -0.328. The third-order valence-electron chi connectivity index (χ3n) is 2.06. The van der Waals surface area contributed by atoms with Crippen LogP contribution in [0, 0.1) is 5.82 Å². The number of aromatic nitrogens is 2. The third-order valence-corrected chi connectivity index (χ3v) is 2.06. The molecule has 1 aromatic carbocycles. The normalized spacial score (nSPS) is 10.5. The molecule has 0 bridgehead atoms. The van der Waals surface area contributed by atoms with Crippen molar-refractivity contribution in [2.24, 2.45) is 5.73 Å². The summed E-state index contributed by atoms with van der Waals surface area (Å²) in [6.45, 7) is 0.563. The Morgan fingerprint density at radius 3 is 2.82 bits per heavy atom. The van der Waals surface area contributed by atoms with Gasteiger partial charge in [0.2, 0.25) is 11.8 Å². The predicted molar refractivity (Wildman–Crippen MR) is 57.8 cm³/mol. The lowest BCUT2D eigenvalue weighted by Gasteiger charge is -2.03. The molecular formula is C11H12FN3O2. The van der Waals surface area contributed by atoms with Gasteiger partial charge in [0.15, 0.2) is 0 Å². The zero-order chi connectivity index (χ0) is 12.1. The van der Waals surface area contributed by atoms with Crippen LogP contribution < -0.4 is 10.5 Å². The molecule has 0 saturated heterocycles. The maximum atomic E-state index is 12.8. The van der Waals surface area contributed by atoms with Gasteiger partial charge < -0.3 is 14.9 Å². The number of rotatable bonds is 5. The van der Waals surface area contributed by atoms with Crippen LogP contribution in [0.25, 0.3) is 0 Å². The lowest BCUT2D eigenvalue weighted by Crippen LogP contribution is -2.01. The number of nitrogens with two attached hydrogens (primary N) is 1. The average Bonchev–Trinajstić information content (AvgIpc) is 2.77. The van der Waals surface area contributed by atoms with Crippen LogP contribution in [0.1, 0.15) is 11.8 Å². The molecule has 17 heavy (non-hydrogen) atoms. The van der Waals surface area contributed by atoms with Gasteiger partial charge in [-0.2, -0.15) is 0 Å². The zero-order valence-corrected chi connectivity index (χ0v) is 9.10. The molecule has 0 spiro atoms. The van der Waals surface area contributed by atoms with E-state index in [-0.39, 0.29) is 12.4 Å². The molecule has 1 heterocycles. The highest BCUT2D eigenvalue weighted by Crippen LogP contribution is 2.12. The van der Waals surface area contributed by atoms with Crippen LogP contribution in [0.4, 0.5) is 4.39 Å². The largest absolute Gasteiger partial charge is 0.493 e. The Morgan fingerprint density at radius 2 is 2.12 bits per heavy atom. The van der Waals surface area contributed by atoms with Gasteiger partial charge in [0.25, 0.3) is 0 Å². The van der Waals surface area contributed by atoms with E-state index in [0.717, 1.165) is 0 Å². The van der Waals surface area contributed by atoms with E-state index < -0.39 is 0 Å². The first kappa shape index (κ1) is 11.5. The second-order valence-corrected chi connectivity index (χ2v) is 3.35. The van der Waals surface area contributed by atoms with Crippen molar-refractivity contribution in [3.8, 4) is 5.75 Å². The molecule has 0 unspecified atom stereocenters. The number of hydrogen-bond acceptors (Lipinski definition) is 5. The van der Waals surface area contributed by atoms with Crippen LogP contribution in [-0.2, 0) is 13.0 Å². The molecule has 0 fully saturated rings. The van der Waals surface area contributed by atoms with E-state index >= 15 is 0 Å². The van der Waals surface area contributed by atoms with Crippen molar-refractivity contribution >= 4 is 0 Å². The maximum Gasteiger partial charge on any atom is 0.230 e. The number of nitrogens with zero attached hydrogens (tertiary/aromatic N) is 2. The molecular weight excluding hydrogens is 225 g/mol. The first-order valence-corrected chi connectivity index (χ1v) is 5.17. The van der Waals surface area contributed by atoms with Crippen molar-refractivity contribution < 1.29 is 13.5 Å². The molecule has 5 nitrogen and oxygen atoms in total. The van der Waals surface area contributed by atoms with Crippen LogP contribution in [0.5, 0.6) is 5.75 Å². The van der Waals surface area contributed by atoms with Gasteiger partial charge in [-0.1, -0.05) is 6.07 Å². The molecule has 0 aliphatic heterocycles. The van der Waals surface area contributed by atoms with Crippen LogP contribution in [0.2, 0.25) is 0 Å². The summed E-state index contributed by atoms with van der Waals surface area (Å²) >= 11 is 0. The summed E-state index contributed by atoms with van der Waals surface area (Å²) in [4.78, 5) is 0. The standard InChI is InChI=1S/C11H12FN3O2/c12-8-2-1-3-9(6-8)16-5-4-10-14-15-11(7-13)17-10/h1-3,6H,4-5,7,13H2. The van der Waals surface area contributed by atoms with E-state index in [9.17, 15) is 4.39 Å². The van der Waals surface area contributed by atoms with Gasteiger partial charge in [-0.05, 0) is 12.1 Å². The topological polar surface area (TPSA) is 74.2 Å². The number of benzene rings is 1. The smallest absolute Gasteiger partial charge is 0.230 e. The van der Waals surface area contributed by atoms with Gasteiger partial charge in [-0.3, -0.25) is 0 Å². The molecule has 0 aliphatic carbocycles. The van der Waals surface area contributed by atoms with Crippen molar-refractivity contribution in [3.63, 3.8) is 0 Å². The Morgan fingerprint density at radius 1 is 1.29 bits per heavy atom. The third kappa shape index (κ3) is 3.25. The van der Waals surface area contributed by atoms with Gasteiger partial charge in [0, 0.05) is 6.07 Å². The molecule has 0 atom stereocenters. The van der Waals surface area contributed by atoms with E-state index in [1.165, 1.54) is 12.1 Å². The molecule has 2 aromatic rings. The predicted octanol–water partition coefficient (Wildman–Crippen LogP) is 1.29. The van der Waals surface area contributed by atoms with Gasteiger partial charge in [0.1, 0.15) is 11.6 Å². The molecule has 0 amide bonds. The zero-order valence-electron chi connectivity index (χ0n) is 9.10. The molecule has 1 aromatic heterocycles. The summed E-state index contributed by atoms with van der Waals surface area (Å²) in [5.41, 5.74) is 5.33. The highest BCUT2D eigenvalue weighted by atomic mass is 19.1. The van der Waals surface area contributed by atoms with Crippen LogP contribution >= 0.6 is 0 Å². The second-order valence-electron chi connectivity index (χ2n) is 3.35. The van der Waals surface area contributed by atoms with Gasteiger partial charge in [-0.15, -0.1) is 10.2 Å². The van der Waals surface area contributed by atoms with E-state index in [0.29, 0.717) is 30.6 Å². The Bertz CT molecular complexity index is 487. The van der Waals surface area contributed by atoms with E-state index in [4.69, 9.17) is 14.9 Å². The lowest BCUT2D eigenvalue weighted by molar-refractivity contribution is 0.302. The number of halogens is 1. The van der Waals surface area contributed by atoms with Crippen LogP contribution in [0.3, 0.4) is 0 Å². The molecule has 0 aliphatic rings. The minimum Gasteiger partial charge on any atom is -0.493 e. The van der Waals surface area contributed by atoms with Gasteiger partial charge in [-0.25, -0.2) is 4.39 Å². The molecule has 0 saturated carbocycles. The Labute approximate surface area is 97.4 Å². The summed E-state index contributed by atoms with van der Waals surface area (Å²) in [6, 6.07) is 5.95. The quantitative estimate of drug-likeness (QED) is 0.848. The highest BCUT2D eigenvalue weighted by molar-refractivity contribution is 5.22. The Kier molecular flexibility index (Phi) is 3.66. The number of ether oxygens (including phenoxy) is 1. The monoisotopic (exact) mass is 237 g/mol. The second kappa shape index (κ2) is 5.40. The molecule has 2 N–H and O–H groups in total. The van der Waals surface area contributed by atoms with Crippen molar-refractivity contribution in [2.75, 3.05) is 6.61 Å². The minimum absolute atomic E-state index is 0.220. The van der Waals surface area contributed by atoms with Gasteiger partial charge >= 0.3 is 0 Å². The van der Waals surface area contributed by atoms with E-state index in [1.807, 2.05) is 0 Å². The fourth-order valence-electron chi connectivity index (χ4n) is 1.28. The van der Waals surface area contributed by atoms with E-state index in [1.54, 1.807) is 12.1 Å². The fraction of sp³-hybridized carbons (Fsp3) is 0.273. The summed E-state index contributed by atoms with van der Waals surface area (Å²) in [5, 5.41) is 7.50. The summed E-state index contributed by atoms with van der Waals surface area (Å²) in [6.07, 6.45) is 0.462. The first-order valence-electron chi connectivity index (χ1n) is 5.17. The van der Waals surface area contributed by atoms with Crippen molar-refractivity contribution in [1.82, 2.24) is 10.2 Å². The highest BCUT2D eigenvalue weighted by Gasteiger charge is 2.04. The van der Waals surface area contributed by atoms with Crippen LogP contribution in [-0.4, -0.2) is 16.8 Å². The summed E-state index contributed by atoms with van der Waals surface area (Å²) in [7, 11) is 0. The average molecular weight is 237 g/mol. The molecule has 6 heteroatoms. The molecule has 0 radical (unpaired) electrons. The first-order chi connectivity index (χ1) is 8.28. The van der Waals surface area contributed by atoms with E-state index in [2.05, 4.69) is 10.2 Å². The summed E-state index contributed by atoms with van der Waals surface area (Å²) in [5.74, 6) is 1.00. The summed E-state index contributed by atoms with van der Waals surface area (Å²) < 4.78 is 23.4. The molecule has 2 rings (SSSR count). The Hall–Kier alpha value is -1.95. The van der Waals surface area contributed by atoms with Crippen molar-refractivity contribution in [3.05, 3.63) is 41.9 Å². The lowest BCUT2D eigenvalue weighted by atomic mass is 10.3. The molecule has 90 valence electrons. The van der Waals surface area contributed by atoms with Gasteiger partial charge in [0.05, 0.1) is 19.6 Å². The Balaban J connectivity index is 1.83. The number of hydrogen-bond donors (Lipinski definition) is 1. The fourth-order valence-corrected chi connectivity index (χ4v) is 1.28. The van der Waals surface area contributed by atoms with Crippen molar-refractivity contribution in [2.45, 2.75) is 13.0 Å². The van der Waals surface area contributed by atoms with Crippen molar-refractivity contribution in [1.29, 1.82) is 0 Å². The van der Waals surface area contributed by atoms with Crippen LogP contribution in [0.15, 0.2) is 28.7 Å². The maximum absolute atomic E-state index is 12.8. The SMILES string of the molecule is NCc1nnc(CCOc2cccc(F)c2)o1.